The number of nitrogens with one attached hydrogen (secondary N) is 3. The van der Waals surface area contributed by atoms with Crippen molar-refractivity contribution in [2.75, 3.05) is 26.7 Å². The molecular weight excluding hydrogens is 1680 g/mol. The van der Waals surface area contributed by atoms with Crippen molar-refractivity contribution in [1.29, 1.82) is 0 Å². The number of methoxy groups -OCH3 is 1. The molecule has 0 saturated carbocycles. The van der Waals surface area contributed by atoms with Crippen molar-refractivity contribution >= 4 is 17.7 Å². The highest BCUT2D eigenvalue weighted by molar-refractivity contribution is 5.95. The first kappa shape index (κ1) is 127. The highest BCUT2D eigenvalue weighted by atomic mass is 16.5. The molecule has 750 valence electrons. The van der Waals surface area contributed by atoms with E-state index in [4.69, 9.17) is 4.74 Å². The molecule has 0 atom stereocenters. The molecule has 7 nitrogen and oxygen atoms in total. The van der Waals surface area contributed by atoms with E-state index >= 15 is 0 Å². The fourth-order valence-electron chi connectivity index (χ4n) is 13.1. The molecule has 0 heterocycles. The molecule has 0 aliphatic heterocycles. The maximum Gasteiger partial charge on any atom is 0.251 e. The predicted octanol–water partition coefficient (Wildman–Crippen LogP) is 37.4. The van der Waals surface area contributed by atoms with Crippen LogP contribution in [0.3, 0.4) is 0 Å². The first-order chi connectivity index (χ1) is 64.9. The van der Waals surface area contributed by atoms with Crippen molar-refractivity contribution in [3.63, 3.8) is 0 Å². The second kappa shape index (κ2) is 72.8. The molecule has 3 amide bonds. The molecule has 138 heavy (non-hydrogen) atoms. The highest BCUT2D eigenvalue weighted by Gasteiger charge is 2.12. The van der Waals surface area contributed by atoms with Crippen molar-refractivity contribution in [2.45, 2.75) is 333 Å². The van der Waals surface area contributed by atoms with Gasteiger partial charge in [0.05, 0.1) is 7.11 Å². The first-order valence-electron chi connectivity index (χ1n) is 50.8. The maximum absolute atomic E-state index is 11.7. The van der Waals surface area contributed by atoms with Crippen LogP contribution in [0.4, 0.5) is 0 Å². The summed E-state index contributed by atoms with van der Waals surface area (Å²) in [6.07, 6.45) is 5.81. The molecule has 0 aliphatic rings. The van der Waals surface area contributed by atoms with E-state index in [0.29, 0.717) is 71.0 Å². The van der Waals surface area contributed by atoms with Gasteiger partial charge < -0.3 is 20.7 Å². The van der Waals surface area contributed by atoms with Crippen LogP contribution < -0.4 is 20.7 Å². The Labute approximate surface area is 844 Å². The van der Waals surface area contributed by atoms with Gasteiger partial charge in [-0.05, 0) is 253 Å². The van der Waals surface area contributed by atoms with E-state index in [1.807, 2.05) is 106 Å². The van der Waals surface area contributed by atoms with Gasteiger partial charge in [0.1, 0.15) is 5.75 Å². The van der Waals surface area contributed by atoms with Gasteiger partial charge in [-0.3, -0.25) is 14.4 Å². The maximum atomic E-state index is 11.7. The fraction of sp³-hybridized carbons (Fsp3) is 0.412. The topological polar surface area (TPSA) is 96.5 Å². The van der Waals surface area contributed by atoms with Crippen LogP contribution in [-0.4, -0.2) is 44.5 Å². The van der Waals surface area contributed by atoms with Gasteiger partial charge in [-0.25, -0.2) is 0 Å². The van der Waals surface area contributed by atoms with Crippen LogP contribution in [0, 0.1) is 41.5 Å². The van der Waals surface area contributed by atoms with Crippen LogP contribution in [0.2, 0.25) is 0 Å². The minimum absolute atomic E-state index is 0. The monoisotopic (exact) mass is 1870 g/mol. The molecule has 3 N–H and O–H groups in total. The van der Waals surface area contributed by atoms with Crippen LogP contribution in [0.5, 0.6) is 5.75 Å². The molecule has 0 radical (unpaired) electrons. The molecule has 0 spiro atoms. The Morgan fingerprint density at radius 2 is 0.471 bits per heavy atom. The summed E-state index contributed by atoms with van der Waals surface area (Å²) < 4.78 is 5.21. The number of allylic oxidation sites excluding steroid dienone is 1. The fourth-order valence-corrected chi connectivity index (χ4v) is 13.1. The molecule has 7 heteroatoms. The summed E-state index contributed by atoms with van der Waals surface area (Å²) in [6, 6.07) is 103. The first-order valence-corrected chi connectivity index (χ1v) is 50.8. The standard InChI is InChI=1S/3C13H19NO.C12H16.C10H14O.6C10H14.C9H12.CH4/c3*1-4-8-14-13(15)12-7-5-6-11(9-12)10(2)3;1-4-5-11-6-8-12(9-7-11)10(2)3;1-8(2)9-6-4-5-7-10(9)11-3;5*1-8(2)10-6-4-9(3)5-7-10;1-8(2)10-6-4-5-9(3)7-10;1-8(2)9-6-4-3-5-7-9;/h3*5-7,9-10H,4,8H2,1-3H3,(H,14,15);4,6-10H,1,5H2,2-3H3;4-8H,1-3H3;6*4-8H,1-3H3;3-8H,1-2H3;1H4. The normalized spacial score (nSPS) is 10.3. The number of amides is 3. The molecule has 0 bridgehead atoms. The molecule has 0 saturated heterocycles. The average Bonchev–Trinajstić information content (AvgIpc) is 0.873. The van der Waals surface area contributed by atoms with Gasteiger partial charge in [-0.2, -0.15) is 0 Å². The molecule has 0 unspecified atom stereocenters. The lowest BCUT2D eigenvalue weighted by Gasteiger charge is -2.10. The van der Waals surface area contributed by atoms with Crippen LogP contribution in [0.15, 0.2) is 310 Å². The quantitative estimate of drug-likeness (QED) is 0.0525. The largest absolute Gasteiger partial charge is 0.496 e. The lowest BCUT2D eigenvalue weighted by molar-refractivity contribution is 0.0945. The lowest BCUT2D eigenvalue weighted by Crippen LogP contribution is -2.24. The van der Waals surface area contributed by atoms with E-state index in [-0.39, 0.29) is 25.1 Å². The Morgan fingerprint density at radius 3 is 0.674 bits per heavy atom. The summed E-state index contributed by atoms with van der Waals surface area (Å²) >= 11 is 0. The zero-order valence-electron chi connectivity index (χ0n) is 91.6. The van der Waals surface area contributed by atoms with Crippen molar-refractivity contribution in [3.05, 3.63) is 432 Å². The molecule has 0 fully saturated rings. The summed E-state index contributed by atoms with van der Waals surface area (Å²) in [4.78, 5) is 35.0. The van der Waals surface area contributed by atoms with Crippen LogP contribution in [-0.2, 0) is 6.42 Å². The number of hydrogen-bond acceptors (Lipinski definition) is 4. The Balaban J connectivity index is 0.00000149. The number of aryl methyl sites for hydroxylation is 6. The summed E-state index contributed by atoms with van der Waals surface area (Å²) in [5.41, 5.74) is 27.9. The zero-order chi connectivity index (χ0) is 103. The van der Waals surface area contributed by atoms with Gasteiger partial charge in [-0.1, -0.05) is 489 Å². The van der Waals surface area contributed by atoms with E-state index in [1.165, 1.54) is 106 Å². The minimum Gasteiger partial charge on any atom is -0.496 e. The number of carbonyl (C=O) groups is 3. The third kappa shape index (κ3) is 55.9. The number of carbonyl (C=O) groups excluding carboxylic acids is 3. The van der Waals surface area contributed by atoms with E-state index < -0.39 is 0 Å². The van der Waals surface area contributed by atoms with Crippen molar-refractivity contribution in [1.82, 2.24) is 16.0 Å². The number of benzene rings is 12. The third-order valence-electron chi connectivity index (χ3n) is 22.7. The molecule has 12 rings (SSSR count). The highest BCUT2D eigenvalue weighted by Crippen LogP contribution is 2.27. The Kier molecular flexibility index (Phi) is 66.8. The predicted molar refractivity (Wildman–Crippen MR) is 610 cm³/mol. The van der Waals surface area contributed by atoms with E-state index in [2.05, 4.69) is 449 Å². The SMILES string of the molecule is C.C=CCc1ccc(C(C)C)cc1.CC(C)c1ccccc1.CCCNC(=O)c1cccc(C(C)C)c1.CCCNC(=O)c1cccc(C(C)C)c1.CCCNC(=O)c1cccc(C(C)C)c1.COc1ccccc1C(C)C.Cc1ccc(C(C)C)cc1.Cc1ccc(C(C)C)cc1.Cc1ccc(C(C)C)cc1.Cc1ccc(C(C)C)cc1.Cc1ccc(C(C)C)cc1.Cc1cccc(C(C)C)c1. The van der Waals surface area contributed by atoms with Crippen molar-refractivity contribution in [3.8, 4) is 5.75 Å². The minimum atomic E-state index is 0. The summed E-state index contributed by atoms with van der Waals surface area (Å²) in [5, 5.41) is 8.63. The number of ether oxygens (including phenoxy) is 1. The number of hydrogen-bond donors (Lipinski definition) is 3. The Hall–Kier alpha value is -11.4. The zero-order valence-corrected chi connectivity index (χ0v) is 91.6. The van der Waals surface area contributed by atoms with Gasteiger partial charge in [0, 0.05) is 36.3 Å². The van der Waals surface area contributed by atoms with Crippen LogP contribution in [0.1, 0.15) is 421 Å². The van der Waals surface area contributed by atoms with Gasteiger partial charge >= 0.3 is 0 Å². The smallest absolute Gasteiger partial charge is 0.251 e. The Morgan fingerprint density at radius 1 is 0.254 bits per heavy atom. The van der Waals surface area contributed by atoms with Gasteiger partial charge in [-0.15, -0.1) is 6.58 Å². The number of para-hydroxylation sites is 1. The second-order valence-corrected chi connectivity index (χ2v) is 39.4. The van der Waals surface area contributed by atoms with Crippen LogP contribution in [0.25, 0.3) is 0 Å². The van der Waals surface area contributed by atoms with Crippen LogP contribution >= 0.6 is 0 Å². The summed E-state index contributed by atoms with van der Waals surface area (Å²) in [5.74, 6) is 8.19. The average molecular weight is 1870 g/mol. The number of rotatable bonds is 24. The summed E-state index contributed by atoms with van der Waals surface area (Å²) in [7, 11) is 1.71. The van der Waals surface area contributed by atoms with E-state index in [1.54, 1.807) is 7.11 Å². The Bertz CT molecular complexity index is 4690. The second-order valence-electron chi connectivity index (χ2n) is 39.4. The molecule has 12 aromatic rings. The van der Waals surface area contributed by atoms with E-state index in [9.17, 15) is 14.4 Å². The van der Waals surface area contributed by atoms with Crippen molar-refractivity contribution < 1.29 is 19.1 Å². The molecular formula is C131H187N3O4. The van der Waals surface area contributed by atoms with Gasteiger partial charge in [0.15, 0.2) is 0 Å². The lowest BCUT2D eigenvalue weighted by atomic mass is 10.0. The summed E-state index contributed by atoms with van der Waals surface area (Å²) in [6.45, 7) is 77.3. The van der Waals surface area contributed by atoms with E-state index in [0.717, 1.165) is 67.8 Å². The van der Waals surface area contributed by atoms with Gasteiger partial charge in [0.25, 0.3) is 17.7 Å². The van der Waals surface area contributed by atoms with Gasteiger partial charge in [0.2, 0.25) is 0 Å². The third-order valence-corrected chi connectivity index (χ3v) is 22.7. The molecule has 0 aliphatic carbocycles. The molecule has 12 aromatic carbocycles. The van der Waals surface area contributed by atoms with Crippen molar-refractivity contribution in [2.24, 2.45) is 0 Å². The molecule has 0 aromatic heterocycles.